The third-order valence-corrected chi connectivity index (χ3v) is 6.43. The first-order valence-corrected chi connectivity index (χ1v) is 10.9. The lowest BCUT2D eigenvalue weighted by molar-refractivity contribution is -0.136. The van der Waals surface area contributed by atoms with Crippen LogP contribution < -0.4 is 5.14 Å². The Labute approximate surface area is 166 Å². The third kappa shape index (κ3) is 4.43. The number of aliphatic hydroxyl groups excluding tert-OH is 1. The number of nitrogens with two attached hydrogens (primary N) is 1. The number of rotatable bonds is 6. The number of hydrogen-bond donors (Lipinski definition) is 2. The van der Waals surface area contributed by atoms with Crippen molar-refractivity contribution in [2.75, 3.05) is 13.7 Å². The Balaban J connectivity index is 1.74. The molecular weight excluding hydrogens is 376 g/mol. The molecule has 0 bridgehead atoms. The van der Waals surface area contributed by atoms with E-state index in [1.165, 1.54) is 6.07 Å². The second-order valence-electron chi connectivity index (χ2n) is 7.41. The molecule has 1 unspecified atom stereocenters. The van der Waals surface area contributed by atoms with Crippen molar-refractivity contribution < 1.29 is 18.3 Å². The SMILES string of the molecule is CN(Cc1ccc(-c2ccccc2S(N)(=O)=O)cc1)C(=O)C1CCC[C@H]1CO. The fraction of sp³-hybridized carbons (Fsp3) is 0.381. The predicted octanol–water partition coefficient (Wildman–Crippen LogP) is 2.37. The van der Waals surface area contributed by atoms with E-state index in [4.69, 9.17) is 5.14 Å². The van der Waals surface area contributed by atoms with E-state index in [0.29, 0.717) is 12.1 Å². The van der Waals surface area contributed by atoms with Gasteiger partial charge < -0.3 is 10.0 Å². The first-order valence-electron chi connectivity index (χ1n) is 9.38. The van der Waals surface area contributed by atoms with Crippen LogP contribution in [0.1, 0.15) is 24.8 Å². The molecule has 2 atom stereocenters. The van der Waals surface area contributed by atoms with Gasteiger partial charge in [-0.3, -0.25) is 4.79 Å². The minimum absolute atomic E-state index is 0.0579. The van der Waals surface area contributed by atoms with Gasteiger partial charge in [0.1, 0.15) is 0 Å². The second kappa shape index (κ2) is 8.43. The number of amides is 1. The van der Waals surface area contributed by atoms with Crippen molar-refractivity contribution in [2.45, 2.75) is 30.7 Å². The Morgan fingerprint density at radius 1 is 1.14 bits per heavy atom. The molecule has 150 valence electrons. The van der Waals surface area contributed by atoms with E-state index in [1.54, 1.807) is 30.1 Å². The minimum atomic E-state index is -3.81. The van der Waals surface area contributed by atoms with Crippen LogP contribution in [0, 0.1) is 11.8 Å². The fourth-order valence-corrected chi connectivity index (χ4v) is 4.72. The summed E-state index contributed by atoms with van der Waals surface area (Å²) >= 11 is 0. The zero-order valence-corrected chi connectivity index (χ0v) is 16.7. The Hall–Kier alpha value is -2.22. The van der Waals surface area contributed by atoms with Crippen LogP contribution in [0.4, 0.5) is 0 Å². The van der Waals surface area contributed by atoms with Crippen LogP contribution in [0.2, 0.25) is 0 Å². The van der Waals surface area contributed by atoms with Gasteiger partial charge in [-0.2, -0.15) is 0 Å². The molecule has 1 aliphatic rings. The summed E-state index contributed by atoms with van der Waals surface area (Å²) in [4.78, 5) is 14.5. The molecule has 0 aromatic heterocycles. The Kier molecular flexibility index (Phi) is 6.17. The highest BCUT2D eigenvalue weighted by molar-refractivity contribution is 7.89. The monoisotopic (exact) mass is 402 g/mol. The molecule has 2 aromatic carbocycles. The van der Waals surface area contributed by atoms with Crippen molar-refractivity contribution in [1.29, 1.82) is 0 Å². The van der Waals surface area contributed by atoms with Crippen LogP contribution in [0.25, 0.3) is 11.1 Å². The van der Waals surface area contributed by atoms with Crippen LogP contribution >= 0.6 is 0 Å². The van der Waals surface area contributed by atoms with Crippen LogP contribution in [-0.4, -0.2) is 38.0 Å². The number of carbonyl (C=O) groups excluding carboxylic acids is 1. The van der Waals surface area contributed by atoms with Gasteiger partial charge in [0.2, 0.25) is 15.9 Å². The molecule has 1 saturated carbocycles. The maximum absolute atomic E-state index is 12.7. The highest BCUT2D eigenvalue weighted by atomic mass is 32.2. The summed E-state index contributed by atoms with van der Waals surface area (Å²) in [7, 11) is -2.04. The molecule has 3 N–H and O–H groups in total. The van der Waals surface area contributed by atoms with Gasteiger partial charge in [0.15, 0.2) is 0 Å². The van der Waals surface area contributed by atoms with Gasteiger partial charge in [-0.25, -0.2) is 13.6 Å². The smallest absolute Gasteiger partial charge is 0.238 e. The molecule has 3 rings (SSSR count). The van der Waals surface area contributed by atoms with E-state index in [0.717, 1.165) is 30.4 Å². The average molecular weight is 403 g/mol. The Morgan fingerprint density at radius 3 is 2.46 bits per heavy atom. The summed E-state index contributed by atoms with van der Waals surface area (Å²) in [6.45, 7) is 0.521. The van der Waals surface area contributed by atoms with Crippen molar-refractivity contribution in [3.63, 3.8) is 0 Å². The molecule has 0 radical (unpaired) electrons. The van der Waals surface area contributed by atoms with Crippen LogP contribution in [0.5, 0.6) is 0 Å². The molecule has 28 heavy (non-hydrogen) atoms. The summed E-state index contributed by atoms with van der Waals surface area (Å²) in [6, 6.07) is 14.1. The summed E-state index contributed by atoms with van der Waals surface area (Å²) in [5.74, 6) is 0.0307. The quantitative estimate of drug-likeness (QED) is 0.774. The number of hydrogen-bond acceptors (Lipinski definition) is 4. The highest BCUT2D eigenvalue weighted by Crippen LogP contribution is 2.33. The minimum Gasteiger partial charge on any atom is -0.396 e. The largest absolute Gasteiger partial charge is 0.396 e. The van der Waals surface area contributed by atoms with Gasteiger partial charge in [-0.05, 0) is 36.0 Å². The van der Waals surface area contributed by atoms with E-state index in [-0.39, 0.29) is 29.2 Å². The zero-order chi connectivity index (χ0) is 20.3. The highest BCUT2D eigenvalue weighted by Gasteiger charge is 2.34. The third-order valence-electron chi connectivity index (χ3n) is 5.47. The Bertz CT molecular complexity index is 941. The number of benzene rings is 2. The normalized spacial score (nSPS) is 19.5. The summed E-state index contributed by atoms with van der Waals surface area (Å²) in [6.07, 6.45) is 2.71. The van der Waals surface area contributed by atoms with Crippen molar-refractivity contribution >= 4 is 15.9 Å². The number of carbonyl (C=O) groups is 1. The van der Waals surface area contributed by atoms with Gasteiger partial charge in [0.25, 0.3) is 0 Å². The second-order valence-corrected chi connectivity index (χ2v) is 8.94. The lowest BCUT2D eigenvalue weighted by atomic mass is 9.95. The lowest BCUT2D eigenvalue weighted by Gasteiger charge is -2.24. The standard InChI is InChI=1S/C21H26N2O4S/c1-23(21(25)19-7-4-5-17(19)14-24)13-15-9-11-16(12-10-15)18-6-2-3-8-20(18)28(22,26)27/h2-3,6,8-12,17,19,24H,4-5,7,13-14H2,1H3,(H2,22,26,27)/t17-,19?/m0/s1. The van der Waals surface area contributed by atoms with Gasteiger partial charge in [0.05, 0.1) is 4.90 Å². The number of aliphatic hydroxyl groups is 1. The first kappa shape index (κ1) is 20.5. The van der Waals surface area contributed by atoms with E-state index >= 15 is 0 Å². The molecule has 0 spiro atoms. The van der Waals surface area contributed by atoms with Crippen LogP contribution in [-0.2, 0) is 21.4 Å². The van der Waals surface area contributed by atoms with Crippen molar-refractivity contribution in [3.05, 3.63) is 54.1 Å². The molecule has 1 fully saturated rings. The molecule has 1 aliphatic carbocycles. The molecular formula is C21H26N2O4S. The molecule has 7 heteroatoms. The summed E-state index contributed by atoms with van der Waals surface area (Å²) < 4.78 is 23.6. The van der Waals surface area contributed by atoms with E-state index in [9.17, 15) is 18.3 Å². The fourth-order valence-electron chi connectivity index (χ4n) is 3.96. The van der Waals surface area contributed by atoms with Gasteiger partial charge in [-0.1, -0.05) is 48.9 Å². The maximum Gasteiger partial charge on any atom is 0.238 e. The molecule has 1 amide bonds. The first-order chi connectivity index (χ1) is 13.3. The van der Waals surface area contributed by atoms with E-state index in [1.807, 2.05) is 24.3 Å². The number of nitrogens with zero attached hydrogens (tertiary/aromatic N) is 1. The van der Waals surface area contributed by atoms with Crippen LogP contribution in [0.3, 0.4) is 0 Å². The molecule has 0 aliphatic heterocycles. The zero-order valence-electron chi connectivity index (χ0n) is 15.9. The Morgan fingerprint density at radius 2 is 1.82 bits per heavy atom. The van der Waals surface area contributed by atoms with Crippen molar-refractivity contribution in [3.8, 4) is 11.1 Å². The molecule has 0 saturated heterocycles. The van der Waals surface area contributed by atoms with Crippen molar-refractivity contribution in [2.24, 2.45) is 17.0 Å². The van der Waals surface area contributed by atoms with Crippen molar-refractivity contribution in [1.82, 2.24) is 4.90 Å². The van der Waals surface area contributed by atoms with E-state index < -0.39 is 10.0 Å². The van der Waals surface area contributed by atoms with E-state index in [2.05, 4.69) is 0 Å². The predicted molar refractivity (Wildman–Crippen MR) is 108 cm³/mol. The van der Waals surface area contributed by atoms with Gasteiger partial charge in [0, 0.05) is 31.7 Å². The topological polar surface area (TPSA) is 101 Å². The summed E-state index contributed by atoms with van der Waals surface area (Å²) in [5, 5.41) is 14.8. The summed E-state index contributed by atoms with van der Waals surface area (Å²) in [5.41, 5.74) is 2.25. The molecule has 2 aromatic rings. The lowest BCUT2D eigenvalue weighted by Crippen LogP contribution is -2.35. The maximum atomic E-state index is 12.7. The molecule has 6 nitrogen and oxygen atoms in total. The molecule has 0 heterocycles. The number of primary sulfonamides is 1. The van der Waals surface area contributed by atoms with Gasteiger partial charge >= 0.3 is 0 Å². The van der Waals surface area contributed by atoms with Crippen LogP contribution in [0.15, 0.2) is 53.4 Å². The van der Waals surface area contributed by atoms with Gasteiger partial charge in [-0.15, -0.1) is 0 Å². The number of sulfonamides is 1. The average Bonchev–Trinajstić information content (AvgIpc) is 3.16.